The van der Waals surface area contributed by atoms with Crippen molar-refractivity contribution in [1.29, 1.82) is 0 Å². The molecule has 3 N–H and O–H groups in total. The van der Waals surface area contributed by atoms with Gasteiger partial charge < -0.3 is 15.7 Å². The van der Waals surface area contributed by atoms with Crippen LogP contribution in [0.3, 0.4) is 0 Å². The third-order valence-electron chi connectivity index (χ3n) is 4.07. The van der Waals surface area contributed by atoms with Gasteiger partial charge in [0.15, 0.2) is 0 Å². The highest BCUT2D eigenvalue weighted by molar-refractivity contribution is 5.97. The second-order valence-corrected chi connectivity index (χ2v) is 5.90. The summed E-state index contributed by atoms with van der Waals surface area (Å²) in [6.45, 7) is 3.47. The highest BCUT2D eigenvalue weighted by atomic mass is 16.3. The van der Waals surface area contributed by atoms with E-state index in [0.29, 0.717) is 5.56 Å². The van der Waals surface area contributed by atoms with Crippen LogP contribution in [0, 0.1) is 0 Å². The Hall–Kier alpha value is -2.66. The van der Waals surface area contributed by atoms with Crippen LogP contribution in [0.5, 0.6) is 0 Å². The molecule has 132 valence electrons. The number of aliphatic hydroxyl groups excluding tert-OH is 1. The zero-order valence-electron chi connectivity index (χ0n) is 14.5. The molecule has 0 aliphatic rings. The maximum absolute atomic E-state index is 12.3. The molecule has 0 aliphatic carbocycles. The summed E-state index contributed by atoms with van der Waals surface area (Å²) >= 11 is 0. The van der Waals surface area contributed by atoms with Gasteiger partial charge in [-0.1, -0.05) is 49.4 Å². The second kappa shape index (κ2) is 8.99. The van der Waals surface area contributed by atoms with Crippen LogP contribution in [0.1, 0.15) is 41.4 Å². The largest absolute Gasteiger partial charge is 0.394 e. The minimum atomic E-state index is -0.711. The van der Waals surface area contributed by atoms with Gasteiger partial charge in [-0.2, -0.15) is 0 Å². The molecule has 0 fully saturated rings. The summed E-state index contributed by atoms with van der Waals surface area (Å²) in [7, 11) is 0. The van der Waals surface area contributed by atoms with E-state index in [-0.39, 0.29) is 18.4 Å². The van der Waals surface area contributed by atoms with Crippen molar-refractivity contribution in [2.75, 3.05) is 6.61 Å². The molecule has 0 aliphatic heterocycles. The van der Waals surface area contributed by atoms with Gasteiger partial charge in [-0.15, -0.1) is 0 Å². The van der Waals surface area contributed by atoms with Crippen LogP contribution in [0.4, 0.5) is 0 Å². The fourth-order valence-corrected chi connectivity index (χ4v) is 2.45. The van der Waals surface area contributed by atoms with Gasteiger partial charge >= 0.3 is 0 Å². The minimum Gasteiger partial charge on any atom is -0.394 e. The smallest absolute Gasteiger partial charge is 0.251 e. The molecule has 2 atom stereocenters. The van der Waals surface area contributed by atoms with Gasteiger partial charge in [0.05, 0.1) is 12.6 Å². The lowest BCUT2D eigenvalue weighted by atomic mass is 10.0. The first-order chi connectivity index (χ1) is 12.0. The summed E-state index contributed by atoms with van der Waals surface area (Å²) < 4.78 is 0. The van der Waals surface area contributed by atoms with Gasteiger partial charge in [-0.3, -0.25) is 9.59 Å². The fourth-order valence-electron chi connectivity index (χ4n) is 2.45. The van der Waals surface area contributed by atoms with Crippen molar-refractivity contribution in [1.82, 2.24) is 10.6 Å². The van der Waals surface area contributed by atoms with Crippen LogP contribution < -0.4 is 10.6 Å². The maximum Gasteiger partial charge on any atom is 0.251 e. The molecule has 5 heteroatoms. The second-order valence-electron chi connectivity index (χ2n) is 5.90. The number of aryl methyl sites for hydroxylation is 1. The minimum absolute atomic E-state index is 0.212. The van der Waals surface area contributed by atoms with Crippen LogP contribution in [0.15, 0.2) is 54.6 Å². The lowest BCUT2D eigenvalue weighted by Crippen LogP contribution is -2.46. The molecule has 2 amide bonds. The van der Waals surface area contributed by atoms with Gasteiger partial charge in [-0.25, -0.2) is 0 Å². The van der Waals surface area contributed by atoms with Crippen molar-refractivity contribution in [2.45, 2.75) is 32.4 Å². The number of nitrogens with one attached hydrogen (secondary N) is 2. The third-order valence-corrected chi connectivity index (χ3v) is 4.07. The molecule has 2 aromatic rings. The van der Waals surface area contributed by atoms with E-state index in [9.17, 15) is 14.7 Å². The Bertz CT molecular complexity index is 699. The van der Waals surface area contributed by atoms with Crippen molar-refractivity contribution in [3.8, 4) is 0 Å². The number of carbonyl (C=O) groups is 2. The van der Waals surface area contributed by atoms with E-state index in [0.717, 1.165) is 12.0 Å². The van der Waals surface area contributed by atoms with Crippen LogP contribution in [-0.4, -0.2) is 29.6 Å². The predicted octanol–water partition coefficient (Wildman–Crippen LogP) is 2.22. The number of carbonyl (C=O) groups excluding carboxylic acids is 2. The van der Waals surface area contributed by atoms with Gasteiger partial charge in [0.2, 0.25) is 5.91 Å². The summed E-state index contributed by atoms with van der Waals surface area (Å²) in [5, 5.41) is 15.0. The van der Waals surface area contributed by atoms with Crippen LogP contribution >= 0.6 is 0 Å². The zero-order chi connectivity index (χ0) is 18.2. The van der Waals surface area contributed by atoms with Crippen LogP contribution in [0.2, 0.25) is 0 Å². The van der Waals surface area contributed by atoms with E-state index < -0.39 is 12.1 Å². The number of rotatable bonds is 7. The molecule has 2 unspecified atom stereocenters. The summed E-state index contributed by atoms with van der Waals surface area (Å²) in [5.41, 5.74) is 2.51. The first-order valence-corrected chi connectivity index (χ1v) is 8.41. The average Bonchev–Trinajstić information content (AvgIpc) is 2.66. The van der Waals surface area contributed by atoms with Gasteiger partial charge in [0, 0.05) is 5.56 Å². The Morgan fingerprint density at radius 2 is 1.64 bits per heavy atom. The molecular weight excluding hydrogens is 316 g/mol. The van der Waals surface area contributed by atoms with E-state index in [4.69, 9.17) is 0 Å². The molecule has 0 radical (unpaired) electrons. The lowest BCUT2D eigenvalue weighted by molar-refractivity contribution is -0.123. The average molecular weight is 340 g/mol. The van der Waals surface area contributed by atoms with Crippen LogP contribution in [-0.2, 0) is 11.2 Å². The Kier molecular flexibility index (Phi) is 6.71. The van der Waals surface area contributed by atoms with E-state index in [1.807, 2.05) is 30.3 Å². The van der Waals surface area contributed by atoms with Crippen molar-refractivity contribution < 1.29 is 14.7 Å². The molecule has 25 heavy (non-hydrogen) atoms. The van der Waals surface area contributed by atoms with Crippen molar-refractivity contribution in [2.24, 2.45) is 0 Å². The lowest BCUT2D eigenvalue weighted by Gasteiger charge is -2.20. The standard InChI is InChI=1S/C20H24N2O3/c1-3-15-9-11-16(12-10-15)18(13-23)22-19(24)14(2)21-20(25)17-7-5-4-6-8-17/h4-12,14,18,23H,3,13H2,1-2H3,(H,21,25)(H,22,24). The predicted molar refractivity (Wildman–Crippen MR) is 97.2 cm³/mol. The number of hydrogen-bond donors (Lipinski definition) is 3. The number of benzene rings is 2. The van der Waals surface area contributed by atoms with Crippen molar-refractivity contribution in [3.05, 3.63) is 71.3 Å². The number of aliphatic hydroxyl groups is 1. The Labute approximate surface area is 148 Å². The molecule has 0 spiro atoms. The van der Waals surface area contributed by atoms with E-state index in [2.05, 4.69) is 17.6 Å². The van der Waals surface area contributed by atoms with Gasteiger partial charge in [0.25, 0.3) is 5.91 Å². The van der Waals surface area contributed by atoms with E-state index in [1.54, 1.807) is 31.2 Å². The summed E-state index contributed by atoms with van der Waals surface area (Å²) in [4.78, 5) is 24.5. The Morgan fingerprint density at radius 1 is 1.00 bits per heavy atom. The fraction of sp³-hybridized carbons (Fsp3) is 0.300. The molecular formula is C20H24N2O3. The van der Waals surface area contributed by atoms with Crippen molar-refractivity contribution in [3.63, 3.8) is 0 Å². The third kappa shape index (κ3) is 5.16. The number of amides is 2. The quantitative estimate of drug-likeness (QED) is 0.723. The molecule has 2 rings (SSSR count). The maximum atomic E-state index is 12.3. The Balaban J connectivity index is 1.97. The van der Waals surface area contributed by atoms with Gasteiger partial charge in [-0.05, 0) is 36.6 Å². The topological polar surface area (TPSA) is 78.4 Å². The molecule has 0 saturated heterocycles. The molecule has 0 bridgehead atoms. The van der Waals surface area contributed by atoms with Gasteiger partial charge in [0.1, 0.15) is 6.04 Å². The molecule has 5 nitrogen and oxygen atoms in total. The first-order valence-electron chi connectivity index (χ1n) is 8.41. The molecule has 0 aromatic heterocycles. The van der Waals surface area contributed by atoms with Crippen LogP contribution in [0.25, 0.3) is 0 Å². The normalized spacial score (nSPS) is 12.9. The van der Waals surface area contributed by atoms with E-state index >= 15 is 0 Å². The highest BCUT2D eigenvalue weighted by Crippen LogP contribution is 2.14. The van der Waals surface area contributed by atoms with E-state index in [1.165, 1.54) is 5.56 Å². The summed E-state index contributed by atoms with van der Waals surface area (Å²) in [6, 6.07) is 15.3. The molecule has 0 saturated carbocycles. The SMILES string of the molecule is CCc1ccc(C(CO)NC(=O)C(C)NC(=O)c2ccccc2)cc1. The molecule has 2 aromatic carbocycles. The number of hydrogen-bond acceptors (Lipinski definition) is 3. The summed E-state index contributed by atoms with van der Waals surface area (Å²) in [6.07, 6.45) is 0.930. The Morgan fingerprint density at radius 3 is 2.20 bits per heavy atom. The highest BCUT2D eigenvalue weighted by Gasteiger charge is 2.20. The molecule has 0 heterocycles. The zero-order valence-corrected chi connectivity index (χ0v) is 14.5. The summed E-state index contributed by atoms with van der Waals surface area (Å²) in [5.74, 6) is -0.654. The van der Waals surface area contributed by atoms with Crippen molar-refractivity contribution >= 4 is 11.8 Å². The first kappa shape index (κ1) is 18.7. The monoisotopic (exact) mass is 340 g/mol.